The fourth-order valence-corrected chi connectivity index (χ4v) is 6.61. The van der Waals surface area contributed by atoms with E-state index in [2.05, 4.69) is 13.8 Å². The van der Waals surface area contributed by atoms with Crippen molar-refractivity contribution >= 4 is 0 Å². The number of hydrogen-bond acceptors (Lipinski definition) is 0. The highest BCUT2D eigenvalue weighted by Crippen LogP contribution is 2.49. The van der Waals surface area contributed by atoms with Gasteiger partial charge in [-0.2, -0.15) is 0 Å². The van der Waals surface area contributed by atoms with Crippen LogP contribution >= 0.6 is 0 Å². The monoisotopic (exact) mass is 388 g/mol. The maximum Gasteiger partial charge on any atom is 0.133 e. The molecule has 0 amide bonds. The number of unbranched alkanes of at least 4 members (excludes halogenated alkanes) is 2. The van der Waals surface area contributed by atoms with Crippen molar-refractivity contribution in [1.82, 2.24) is 0 Å². The summed E-state index contributed by atoms with van der Waals surface area (Å²) in [7, 11) is 0. The average Bonchev–Trinajstić information content (AvgIpc) is 2.68. The van der Waals surface area contributed by atoms with E-state index in [9.17, 15) is 4.39 Å². The summed E-state index contributed by atoms with van der Waals surface area (Å²) in [6, 6.07) is 1.68. The first-order valence-electron chi connectivity index (χ1n) is 12.1. The number of rotatable bonds is 5. The molecule has 3 aliphatic carbocycles. The van der Waals surface area contributed by atoms with E-state index in [1.165, 1.54) is 51.4 Å². The molecule has 0 N–H and O–H groups in total. The lowest BCUT2D eigenvalue weighted by Gasteiger charge is -2.42. The third kappa shape index (κ3) is 4.17. The predicted octanol–water partition coefficient (Wildman–Crippen LogP) is 7.97. The lowest BCUT2D eigenvalue weighted by atomic mass is 9.63. The molecule has 0 nitrogen and oxygen atoms in total. The third-order valence-corrected chi connectivity index (χ3v) is 8.25. The maximum atomic E-state index is 15.3. The fourth-order valence-electron chi connectivity index (χ4n) is 6.61. The summed E-state index contributed by atoms with van der Waals surface area (Å²) >= 11 is 0. The molecule has 0 aromatic heterocycles. The molecule has 0 spiro atoms. The predicted molar refractivity (Wildman–Crippen MR) is 113 cm³/mol. The molecule has 28 heavy (non-hydrogen) atoms. The Morgan fingerprint density at radius 3 is 2.57 bits per heavy atom. The molecule has 3 aliphatic rings. The molecular weight excluding hydrogens is 350 g/mol. The summed E-state index contributed by atoms with van der Waals surface area (Å²) in [5.74, 6) is 2.60. The van der Waals surface area contributed by atoms with E-state index in [1.807, 2.05) is 0 Å². The van der Waals surface area contributed by atoms with Crippen LogP contribution in [-0.2, 0) is 12.8 Å². The van der Waals surface area contributed by atoms with Crippen LogP contribution in [0.2, 0.25) is 0 Å². The normalized spacial score (nSPS) is 32.6. The standard InChI is InChI=1S/C26H38F2/c1-3-4-5-6-18-8-9-20-15-21(11-10-19(20)14-18)25-24(27)16-22-13-17(2)7-12-23(22)26(25)28/h16-21H,3-15H2,1-2H3. The molecule has 5 unspecified atom stereocenters. The Bertz CT molecular complexity index is 680. The van der Waals surface area contributed by atoms with Crippen LogP contribution in [-0.4, -0.2) is 0 Å². The average molecular weight is 389 g/mol. The largest absolute Gasteiger partial charge is 0.207 e. The van der Waals surface area contributed by atoms with E-state index < -0.39 is 0 Å². The van der Waals surface area contributed by atoms with Gasteiger partial charge < -0.3 is 0 Å². The molecule has 0 aliphatic heterocycles. The molecule has 2 heteroatoms. The molecule has 1 aromatic rings. The van der Waals surface area contributed by atoms with Crippen molar-refractivity contribution in [2.45, 2.75) is 103 Å². The molecule has 0 bridgehead atoms. The van der Waals surface area contributed by atoms with Gasteiger partial charge in [0.05, 0.1) is 0 Å². The minimum absolute atomic E-state index is 0.0996. The van der Waals surface area contributed by atoms with E-state index >= 15 is 4.39 Å². The first-order valence-corrected chi connectivity index (χ1v) is 12.1. The molecule has 5 atom stereocenters. The quantitative estimate of drug-likeness (QED) is 0.449. The topological polar surface area (TPSA) is 0 Å². The van der Waals surface area contributed by atoms with Gasteiger partial charge in [0.15, 0.2) is 0 Å². The van der Waals surface area contributed by atoms with E-state index in [1.54, 1.807) is 6.07 Å². The number of benzene rings is 1. The molecular formula is C26H38F2. The van der Waals surface area contributed by atoms with Crippen LogP contribution in [0.1, 0.15) is 107 Å². The number of fused-ring (bicyclic) bond motifs is 2. The zero-order chi connectivity index (χ0) is 19.7. The van der Waals surface area contributed by atoms with E-state index in [0.717, 1.165) is 55.1 Å². The Kier molecular flexibility index (Phi) is 6.43. The van der Waals surface area contributed by atoms with Crippen molar-refractivity contribution in [2.75, 3.05) is 0 Å². The Labute approximate surface area is 170 Å². The van der Waals surface area contributed by atoms with Gasteiger partial charge in [-0.25, -0.2) is 8.78 Å². The van der Waals surface area contributed by atoms with Crippen molar-refractivity contribution in [1.29, 1.82) is 0 Å². The van der Waals surface area contributed by atoms with Crippen molar-refractivity contribution in [3.8, 4) is 0 Å². The first-order chi connectivity index (χ1) is 13.6. The molecule has 0 saturated heterocycles. The Hall–Kier alpha value is -0.920. The molecule has 2 fully saturated rings. The van der Waals surface area contributed by atoms with E-state index in [4.69, 9.17) is 0 Å². The fraction of sp³-hybridized carbons (Fsp3) is 0.769. The zero-order valence-electron chi connectivity index (χ0n) is 17.9. The maximum absolute atomic E-state index is 15.3. The second-order valence-electron chi connectivity index (χ2n) is 10.3. The Morgan fingerprint density at radius 2 is 1.75 bits per heavy atom. The second kappa shape index (κ2) is 8.84. The number of halogens is 2. The molecule has 1 aromatic carbocycles. The minimum Gasteiger partial charge on any atom is -0.207 e. The van der Waals surface area contributed by atoms with Gasteiger partial charge in [0.25, 0.3) is 0 Å². The van der Waals surface area contributed by atoms with Crippen molar-refractivity contribution in [2.24, 2.45) is 23.7 Å². The summed E-state index contributed by atoms with van der Waals surface area (Å²) < 4.78 is 30.3. The highest BCUT2D eigenvalue weighted by molar-refractivity contribution is 5.39. The smallest absolute Gasteiger partial charge is 0.133 e. The van der Waals surface area contributed by atoms with Crippen LogP contribution in [0.4, 0.5) is 8.78 Å². The summed E-state index contributed by atoms with van der Waals surface area (Å²) in [6.07, 6.45) is 15.2. The highest BCUT2D eigenvalue weighted by Gasteiger charge is 2.38. The van der Waals surface area contributed by atoms with Crippen molar-refractivity contribution in [3.05, 3.63) is 34.4 Å². The van der Waals surface area contributed by atoms with Crippen LogP contribution in [0.15, 0.2) is 6.07 Å². The molecule has 0 radical (unpaired) electrons. The van der Waals surface area contributed by atoms with Gasteiger partial charge in [0.2, 0.25) is 0 Å². The molecule has 2 saturated carbocycles. The van der Waals surface area contributed by atoms with Gasteiger partial charge in [0.1, 0.15) is 11.6 Å². The van der Waals surface area contributed by atoms with Gasteiger partial charge in [-0.05, 0) is 98.1 Å². The van der Waals surface area contributed by atoms with Gasteiger partial charge in [0, 0.05) is 5.56 Å². The van der Waals surface area contributed by atoms with Gasteiger partial charge in [-0.15, -0.1) is 0 Å². The van der Waals surface area contributed by atoms with E-state index in [0.29, 0.717) is 17.4 Å². The van der Waals surface area contributed by atoms with Crippen molar-refractivity contribution in [3.63, 3.8) is 0 Å². The third-order valence-electron chi connectivity index (χ3n) is 8.25. The zero-order valence-corrected chi connectivity index (χ0v) is 17.9. The lowest BCUT2D eigenvalue weighted by molar-refractivity contribution is 0.111. The van der Waals surface area contributed by atoms with Crippen LogP contribution < -0.4 is 0 Å². The molecule has 0 heterocycles. The van der Waals surface area contributed by atoms with E-state index in [-0.39, 0.29) is 17.6 Å². The Morgan fingerprint density at radius 1 is 0.964 bits per heavy atom. The summed E-state index contributed by atoms with van der Waals surface area (Å²) in [4.78, 5) is 0. The second-order valence-corrected chi connectivity index (χ2v) is 10.3. The highest BCUT2D eigenvalue weighted by atomic mass is 19.1. The number of hydrogen-bond donors (Lipinski definition) is 0. The summed E-state index contributed by atoms with van der Waals surface area (Å²) in [5, 5.41) is 0. The Balaban J connectivity index is 1.44. The SMILES string of the molecule is CCCCCC1CCC2CC(c3c(F)cc4c(c3F)CCC(C)C4)CCC2C1. The summed E-state index contributed by atoms with van der Waals surface area (Å²) in [5.41, 5.74) is 2.20. The van der Waals surface area contributed by atoms with Gasteiger partial charge in [-0.3, -0.25) is 0 Å². The van der Waals surface area contributed by atoms with Crippen LogP contribution in [0, 0.1) is 35.3 Å². The van der Waals surface area contributed by atoms with Crippen LogP contribution in [0.3, 0.4) is 0 Å². The van der Waals surface area contributed by atoms with Gasteiger partial charge in [-0.1, -0.05) is 46.0 Å². The molecule has 156 valence electrons. The first kappa shape index (κ1) is 20.4. The van der Waals surface area contributed by atoms with Crippen molar-refractivity contribution < 1.29 is 8.78 Å². The summed E-state index contributed by atoms with van der Waals surface area (Å²) in [6.45, 7) is 4.46. The van der Waals surface area contributed by atoms with Crippen LogP contribution in [0.25, 0.3) is 0 Å². The van der Waals surface area contributed by atoms with Gasteiger partial charge >= 0.3 is 0 Å². The molecule has 4 rings (SSSR count). The van der Waals surface area contributed by atoms with Crippen LogP contribution in [0.5, 0.6) is 0 Å². The lowest BCUT2D eigenvalue weighted by Crippen LogP contribution is -2.31. The minimum atomic E-state index is -0.262.